The third kappa shape index (κ3) is 1.91. The van der Waals surface area contributed by atoms with Crippen LogP contribution in [0.2, 0.25) is 0 Å². The normalized spacial score (nSPS) is 60.0. The molecule has 4 aliphatic carbocycles. The van der Waals surface area contributed by atoms with Crippen molar-refractivity contribution in [2.75, 3.05) is 0 Å². The van der Waals surface area contributed by atoms with Gasteiger partial charge in [0, 0.05) is 6.04 Å². The second-order valence-electron chi connectivity index (χ2n) is 9.33. The van der Waals surface area contributed by atoms with Crippen LogP contribution in [-0.4, -0.2) is 17.3 Å². The fourth-order valence-electron chi connectivity index (χ4n) is 7.40. The number of hydrogen-bond donors (Lipinski definition) is 2. The molecule has 0 heterocycles. The van der Waals surface area contributed by atoms with Crippen LogP contribution in [0.15, 0.2) is 0 Å². The molecule has 0 saturated heterocycles. The van der Waals surface area contributed by atoms with E-state index in [9.17, 15) is 5.11 Å². The first-order chi connectivity index (χ1) is 9.96. The molecule has 8 atom stereocenters. The van der Waals surface area contributed by atoms with Crippen LogP contribution in [-0.2, 0) is 0 Å². The molecule has 0 spiro atoms. The van der Waals surface area contributed by atoms with Gasteiger partial charge in [-0.25, -0.2) is 0 Å². The Morgan fingerprint density at radius 3 is 2.48 bits per heavy atom. The molecule has 0 aromatic heterocycles. The highest BCUT2D eigenvalue weighted by molar-refractivity contribution is 5.09. The molecule has 0 amide bonds. The maximum absolute atomic E-state index is 10.2. The Balaban J connectivity index is 1.64. The minimum atomic E-state index is -0.250. The molecule has 4 fully saturated rings. The Kier molecular flexibility index (Phi) is 3.25. The maximum atomic E-state index is 10.2. The largest absolute Gasteiger partial charge is 0.392 e. The van der Waals surface area contributed by atoms with Crippen molar-refractivity contribution in [3.05, 3.63) is 0 Å². The third-order valence-corrected chi connectivity index (χ3v) is 8.61. The van der Waals surface area contributed by atoms with Crippen molar-refractivity contribution < 1.29 is 5.11 Å². The van der Waals surface area contributed by atoms with Gasteiger partial charge in [-0.15, -0.1) is 0 Å². The predicted molar refractivity (Wildman–Crippen MR) is 85.7 cm³/mol. The van der Waals surface area contributed by atoms with Crippen LogP contribution in [0.4, 0.5) is 0 Å². The van der Waals surface area contributed by atoms with E-state index in [2.05, 4.69) is 13.8 Å². The van der Waals surface area contributed by atoms with Gasteiger partial charge in [0.25, 0.3) is 0 Å². The van der Waals surface area contributed by atoms with E-state index in [-0.39, 0.29) is 12.1 Å². The number of fused-ring (bicyclic) bond motifs is 5. The van der Waals surface area contributed by atoms with Crippen LogP contribution in [0.5, 0.6) is 0 Å². The molecule has 0 aromatic carbocycles. The predicted octanol–water partition coefficient (Wildman–Crippen LogP) is 3.72. The maximum Gasteiger partial charge on any atom is 0.0694 e. The topological polar surface area (TPSA) is 46.2 Å². The summed E-state index contributed by atoms with van der Waals surface area (Å²) in [5, 5.41) is 10.2. The molecule has 0 aliphatic heterocycles. The monoisotopic (exact) mass is 291 g/mol. The summed E-state index contributed by atoms with van der Waals surface area (Å²) in [6, 6.07) is 0.0292. The summed E-state index contributed by atoms with van der Waals surface area (Å²) in [5.74, 6) is 3.38. The van der Waals surface area contributed by atoms with Crippen molar-refractivity contribution in [3.63, 3.8) is 0 Å². The summed E-state index contributed by atoms with van der Waals surface area (Å²) in [7, 11) is 0. The van der Waals surface area contributed by atoms with Crippen molar-refractivity contribution in [1.82, 2.24) is 0 Å². The molecular formula is C19H33NO. The first kappa shape index (κ1) is 14.5. The molecule has 3 N–H and O–H groups in total. The van der Waals surface area contributed by atoms with Crippen LogP contribution in [0.3, 0.4) is 0 Å². The summed E-state index contributed by atoms with van der Waals surface area (Å²) in [6.45, 7) is 5.10. The minimum Gasteiger partial charge on any atom is -0.392 e. The molecule has 0 bridgehead atoms. The van der Waals surface area contributed by atoms with E-state index in [1.807, 2.05) is 0 Å². The molecule has 0 aromatic rings. The van der Waals surface area contributed by atoms with Gasteiger partial charge in [-0.2, -0.15) is 0 Å². The number of hydrogen-bond acceptors (Lipinski definition) is 2. The highest BCUT2D eigenvalue weighted by atomic mass is 16.3. The summed E-state index contributed by atoms with van der Waals surface area (Å²) in [5.41, 5.74) is 7.48. The lowest BCUT2D eigenvalue weighted by Gasteiger charge is -2.61. The van der Waals surface area contributed by atoms with Crippen molar-refractivity contribution in [3.8, 4) is 0 Å². The van der Waals surface area contributed by atoms with E-state index >= 15 is 0 Å². The minimum absolute atomic E-state index is 0.0292. The van der Waals surface area contributed by atoms with Crippen LogP contribution in [0.25, 0.3) is 0 Å². The first-order valence-corrected chi connectivity index (χ1v) is 9.39. The number of rotatable bonds is 0. The lowest BCUT2D eigenvalue weighted by atomic mass is 9.44. The molecule has 2 unspecified atom stereocenters. The van der Waals surface area contributed by atoms with Crippen molar-refractivity contribution >= 4 is 0 Å². The average molecular weight is 291 g/mol. The van der Waals surface area contributed by atoms with Crippen molar-refractivity contribution in [1.29, 1.82) is 0 Å². The van der Waals surface area contributed by atoms with E-state index in [1.165, 1.54) is 51.4 Å². The zero-order valence-electron chi connectivity index (χ0n) is 13.9. The average Bonchev–Trinajstić information content (AvgIpc) is 2.85. The highest BCUT2D eigenvalue weighted by Crippen LogP contribution is 2.65. The van der Waals surface area contributed by atoms with Crippen LogP contribution in [0.1, 0.15) is 71.6 Å². The fourth-order valence-corrected chi connectivity index (χ4v) is 7.40. The summed E-state index contributed by atoms with van der Waals surface area (Å²) in [6.07, 6.45) is 11.8. The third-order valence-electron chi connectivity index (χ3n) is 8.61. The van der Waals surface area contributed by atoms with Gasteiger partial charge >= 0.3 is 0 Å². The summed E-state index contributed by atoms with van der Waals surface area (Å²) in [4.78, 5) is 0. The quantitative estimate of drug-likeness (QED) is 0.714. The molecule has 21 heavy (non-hydrogen) atoms. The van der Waals surface area contributed by atoms with Gasteiger partial charge in [0.15, 0.2) is 0 Å². The Bertz CT molecular complexity index is 424. The zero-order valence-corrected chi connectivity index (χ0v) is 13.9. The Morgan fingerprint density at radius 2 is 1.67 bits per heavy atom. The second-order valence-corrected chi connectivity index (χ2v) is 9.33. The zero-order chi connectivity index (χ0) is 14.8. The standard InChI is InChI=1S/C19H33NO/c1-18-9-3-4-13(18)12-5-6-15-17(20)16(21)8-11-19(15,2)14(12)7-10-18/h12-17,21H,3-11,20H2,1-2H3/t12-,13-,14-,15-,16?,17?,18-,19+/m0/s1. The summed E-state index contributed by atoms with van der Waals surface area (Å²) >= 11 is 0. The van der Waals surface area contributed by atoms with Crippen LogP contribution in [0, 0.1) is 34.5 Å². The van der Waals surface area contributed by atoms with Gasteiger partial charge in [-0.3, -0.25) is 0 Å². The van der Waals surface area contributed by atoms with E-state index in [1.54, 1.807) is 0 Å². The van der Waals surface area contributed by atoms with E-state index in [0.717, 1.165) is 24.2 Å². The molecule has 4 saturated carbocycles. The smallest absolute Gasteiger partial charge is 0.0694 e. The lowest BCUT2D eigenvalue weighted by molar-refractivity contribution is -0.128. The van der Waals surface area contributed by atoms with Gasteiger partial charge in [0.05, 0.1) is 6.10 Å². The van der Waals surface area contributed by atoms with E-state index < -0.39 is 0 Å². The molecule has 0 radical (unpaired) electrons. The molecule has 120 valence electrons. The molecule has 4 rings (SSSR count). The Labute approximate surface area is 129 Å². The molecule has 2 heteroatoms. The van der Waals surface area contributed by atoms with Gasteiger partial charge in [0.1, 0.15) is 0 Å². The summed E-state index contributed by atoms with van der Waals surface area (Å²) < 4.78 is 0. The first-order valence-electron chi connectivity index (χ1n) is 9.39. The second kappa shape index (κ2) is 4.71. The lowest BCUT2D eigenvalue weighted by Crippen LogP contribution is -2.60. The number of aliphatic hydroxyl groups is 1. The molecule has 2 nitrogen and oxygen atoms in total. The van der Waals surface area contributed by atoms with Crippen LogP contribution < -0.4 is 5.73 Å². The Hall–Kier alpha value is -0.0800. The van der Waals surface area contributed by atoms with E-state index in [4.69, 9.17) is 5.73 Å². The van der Waals surface area contributed by atoms with Crippen molar-refractivity contribution in [2.24, 2.45) is 40.2 Å². The van der Waals surface area contributed by atoms with Gasteiger partial charge in [-0.05, 0) is 85.9 Å². The van der Waals surface area contributed by atoms with Gasteiger partial charge in [0.2, 0.25) is 0 Å². The molecule has 4 aliphatic rings. The SMILES string of the molecule is C[C@@]12CCC[C@H]1[C@@H]1CC[C@H]3C(N)C(O)CC[C@]3(C)[C@H]1CC2. The number of aliphatic hydroxyl groups excluding tert-OH is 1. The molecular weight excluding hydrogens is 258 g/mol. The number of nitrogens with two attached hydrogens (primary N) is 1. The van der Waals surface area contributed by atoms with Gasteiger partial charge < -0.3 is 10.8 Å². The fraction of sp³-hybridized carbons (Fsp3) is 1.00. The highest BCUT2D eigenvalue weighted by Gasteiger charge is 2.59. The Morgan fingerprint density at radius 1 is 0.857 bits per heavy atom. The van der Waals surface area contributed by atoms with E-state index in [0.29, 0.717) is 16.7 Å². The van der Waals surface area contributed by atoms with Crippen molar-refractivity contribution in [2.45, 2.75) is 83.8 Å². The van der Waals surface area contributed by atoms with Gasteiger partial charge in [-0.1, -0.05) is 20.3 Å². The van der Waals surface area contributed by atoms with Crippen LogP contribution >= 0.6 is 0 Å².